The van der Waals surface area contributed by atoms with Gasteiger partial charge in [-0.25, -0.2) is 0 Å². The number of anilines is 1. The summed E-state index contributed by atoms with van der Waals surface area (Å²) in [6.07, 6.45) is 0. The first-order valence-corrected chi connectivity index (χ1v) is 8.84. The minimum Gasteiger partial charge on any atom is -0.454 e. The summed E-state index contributed by atoms with van der Waals surface area (Å²) >= 11 is 3.46. The lowest BCUT2D eigenvalue weighted by Gasteiger charge is -2.10. The molecule has 0 fully saturated rings. The molecule has 0 saturated heterocycles. The molecule has 0 atom stereocenters. The number of halogens is 1. The lowest BCUT2D eigenvalue weighted by atomic mass is 10.1. The van der Waals surface area contributed by atoms with Gasteiger partial charge in [-0.2, -0.15) is 0 Å². The summed E-state index contributed by atoms with van der Waals surface area (Å²) in [4.78, 5) is 17.2. The number of benzene rings is 2. The molecule has 2 heterocycles. The first-order valence-electron chi connectivity index (χ1n) is 8.05. The molecule has 1 aromatic heterocycles. The van der Waals surface area contributed by atoms with Crippen molar-refractivity contribution in [2.45, 2.75) is 6.92 Å². The van der Waals surface area contributed by atoms with Crippen molar-refractivity contribution in [2.75, 3.05) is 12.1 Å². The Hall–Kier alpha value is -2.86. The van der Waals surface area contributed by atoms with Crippen molar-refractivity contribution in [2.24, 2.45) is 0 Å². The van der Waals surface area contributed by atoms with E-state index in [2.05, 4.69) is 26.2 Å². The molecule has 2 aromatic carbocycles. The number of ether oxygens (including phenoxy) is 2. The van der Waals surface area contributed by atoms with E-state index in [1.807, 2.05) is 37.3 Å². The number of aromatic nitrogens is 1. The van der Waals surface area contributed by atoms with Crippen LogP contribution in [-0.2, 0) is 0 Å². The quantitative estimate of drug-likeness (QED) is 0.673. The molecule has 5 nitrogen and oxygen atoms in total. The first-order chi connectivity index (χ1) is 12.6. The molecule has 0 saturated carbocycles. The molecule has 130 valence electrons. The molecule has 1 N–H and O–H groups in total. The second-order valence-corrected chi connectivity index (χ2v) is 6.78. The fourth-order valence-corrected chi connectivity index (χ4v) is 3.18. The summed E-state index contributed by atoms with van der Waals surface area (Å²) in [5.74, 6) is 1.09. The van der Waals surface area contributed by atoms with E-state index < -0.39 is 0 Å². The molecule has 0 spiro atoms. The number of carbonyl (C=O) groups excluding carboxylic acids is 1. The van der Waals surface area contributed by atoms with Gasteiger partial charge in [0.05, 0.1) is 17.0 Å². The van der Waals surface area contributed by atoms with E-state index in [0.29, 0.717) is 28.4 Å². The minimum absolute atomic E-state index is 0.201. The fourth-order valence-electron chi connectivity index (χ4n) is 2.78. The summed E-state index contributed by atoms with van der Waals surface area (Å²) in [5, 5.41) is 2.88. The fraction of sp³-hybridized carbons (Fsp3) is 0.100. The number of hydrogen-bond acceptors (Lipinski definition) is 4. The number of fused-ring (bicyclic) bond motifs is 1. The van der Waals surface area contributed by atoms with Crippen molar-refractivity contribution in [1.82, 2.24) is 4.98 Å². The van der Waals surface area contributed by atoms with E-state index >= 15 is 0 Å². The van der Waals surface area contributed by atoms with Crippen LogP contribution in [0.15, 0.2) is 59.1 Å². The van der Waals surface area contributed by atoms with Crippen LogP contribution >= 0.6 is 15.9 Å². The zero-order valence-corrected chi connectivity index (χ0v) is 15.5. The molecule has 4 rings (SSSR count). The van der Waals surface area contributed by atoms with E-state index in [4.69, 9.17) is 9.47 Å². The molecule has 0 unspecified atom stereocenters. The Morgan fingerprint density at radius 1 is 1.08 bits per heavy atom. The Morgan fingerprint density at radius 3 is 2.73 bits per heavy atom. The number of aryl methyl sites for hydroxylation is 1. The van der Waals surface area contributed by atoms with Gasteiger partial charge in [0.15, 0.2) is 11.5 Å². The molecule has 0 bridgehead atoms. The summed E-state index contributed by atoms with van der Waals surface area (Å²) in [7, 11) is 0. The molecular weight excluding hydrogens is 396 g/mol. The highest BCUT2D eigenvalue weighted by molar-refractivity contribution is 9.10. The van der Waals surface area contributed by atoms with Gasteiger partial charge in [-0.05, 0) is 43.3 Å². The van der Waals surface area contributed by atoms with Gasteiger partial charge in [-0.3, -0.25) is 9.78 Å². The van der Waals surface area contributed by atoms with Crippen LogP contribution in [0.3, 0.4) is 0 Å². The van der Waals surface area contributed by atoms with Gasteiger partial charge in [-0.15, -0.1) is 0 Å². The largest absolute Gasteiger partial charge is 0.454 e. The van der Waals surface area contributed by atoms with Crippen molar-refractivity contribution in [1.29, 1.82) is 0 Å². The van der Waals surface area contributed by atoms with Gasteiger partial charge in [-0.1, -0.05) is 28.1 Å². The molecule has 0 radical (unpaired) electrons. The van der Waals surface area contributed by atoms with Crippen molar-refractivity contribution >= 4 is 27.5 Å². The van der Waals surface area contributed by atoms with Gasteiger partial charge in [0, 0.05) is 21.8 Å². The van der Waals surface area contributed by atoms with E-state index in [1.54, 1.807) is 24.3 Å². The lowest BCUT2D eigenvalue weighted by molar-refractivity contribution is 0.102. The second-order valence-electron chi connectivity index (χ2n) is 5.86. The predicted octanol–water partition coefficient (Wildman–Crippen LogP) is 4.80. The number of nitrogens with zero attached hydrogens (tertiary/aromatic N) is 1. The van der Waals surface area contributed by atoms with Crippen molar-refractivity contribution < 1.29 is 14.3 Å². The van der Waals surface area contributed by atoms with Crippen LogP contribution in [0.2, 0.25) is 0 Å². The van der Waals surface area contributed by atoms with Gasteiger partial charge in [0.1, 0.15) is 0 Å². The summed E-state index contributed by atoms with van der Waals surface area (Å²) < 4.78 is 11.6. The zero-order chi connectivity index (χ0) is 18.1. The van der Waals surface area contributed by atoms with Gasteiger partial charge >= 0.3 is 0 Å². The monoisotopic (exact) mass is 410 g/mol. The van der Waals surface area contributed by atoms with E-state index in [9.17, 15) is 4.79 Å². The lowest BCUT2D eigenvalue weighted by Crippen LogP contribution is -2.14. The molecule has 1 aliphatic rings. The predicted molar refractivity (Wildman–Crippen MR) is 103 cm³/mol. The Morgan fingerprint density at radius 2 is 1.92 bits per heavy atom. The highest BCUT2D eigenvalue weighted by Gasteiger charge is 2.16. The molecule has 0 aliphatic carbocycles. The van der Waals surface area contributed by atoms with Crippen molar-refractivity contribution in [3.63, 3.8) is 0 Å². The Bertz CT molecular complexity index is 1000. The molecular formula is C20H15BrN2O3. The average molecular weight is 411 g/mol. The second kappa shape index (κ2) is 6.80. The summed E-state index contributed by atoms with van der Waals surface area (Å²) in [6.45, 7) is 2.03. The standard InChI is InChI=1S/C20H15BrN2O3/c1-12-16(6-7-17(22-12)13-3-2-4-14(21)9-13)20(24)23-15-5-8-18-19(10-15)26-11-25-18/h2-10H,11H2,1H3,(H,23,24). The van der Waals surface area contributed by atoms with Crippen LogP contribution in [0.5, 0.6) is 11.5 Å². The third kappa shape index (κ3) is 3.28. The maximum absolute atomic E-state index is 12.6. The highest BCUT2D eigenvalue weighted by atomic mass is 79.9. The van der Waals surface area contributed by atoms with Crippen molar-refractivity contribution in [3.8, 4) is 22.8 Å². The SMILES string of the molecule is Cc1nc(-c2cccc(Br)c2)ccc1C(=O)Nc1ccc2c(c1)OCO2. The molecule has 26 heavy (non-hydrogen) atoms. The molecule has 3 aromatic rings. The third-order valence-electron chi connectivity index (χ3n) is 4.08. The first kappa shape index (κ1) is 16.6. The zero-order valence-electron chi connectivity index (χ0n) is 14.0. The van der Waals surface area contributed by atoms with Crippen LogP contribution in [0.25, 0.3) is 11.3 Å². The average Bonchev–Trinajstić information content (AvgIpc) is 3.09. The number of carbonyl (C=O) groups is 1. The number of hydrogen-bond donors (Lipinski definition) is 1. The van der Waals surface area contributed by atoms with Crippen LogP contribution in [0, 0.1) is 6.92 Å². The maximum Gasteiger partial charge on any atom is 0.257 e. The third-order valence-corrected chi connectivity index (χ3v) is 4.57. The van der Waals surface area contributed by atoms with Crippen LogP contribution in [0.4, 0.5) is 5.69 Å². The number of amides is 1. The van der Waals surface area contributed by atoms with Gasteiger partial charge in [0.25, 0.3) is 5.91 Å². The number of rotatable bonds is 3. The normalized spacial score (nSPS) is 12.1. The number of nitrogens with one attached hydrogen (secondary N) is 1. The Balaban J connectivity index is 1.56. The van der Waals surface area contributed by atoms with Gasteiger partial charge < -0.3 is 14.8 Å². The molecule has 1 amide bonds. The van der Waals surface area contributed by atoms with Crippen molar-refractivity contribution in [3.05, 3.63) is 70.3 Å². The highest BCUT2D eigenvalue weighted by Crippen LogP contribution is 2.34. The minimum atomic E-state index is -0.213. The van der Waals surface area contributed by atoms with E-state index in [0.717, 1.165) is 15.7 Å². The molecule has 6 heteroatoms. The van der Waals surface area contributed by atoms with E-state index in [1.165, 1.54) is 0 Å². The summed E-state index contributed by atoms with van der Waals surface area (Å²) in [5.41, 5.74) is 3.66. The maximum atomic E-state index is 12.6. The number of pyridine rings is 1. The van der Waals surface area contributed by atoms with Crippen LogP contribution in [-0.4, -0.2) is 17.7 Å². The smallest absolute Gasteiger partial charge is 0.257 e. The Labute approximate surface area is 159 Å². The van der Waals surface area contributed by atoms with Gasteiger partial charge in [0.2, 0.25) is 6.79 Å². The Kier molecular flexibility index (Phi) is 4.34. The summed E-state index contributed by atoms with van der Waals surface area (Å²) in [6, 6.07) is 16.8. The van der Waals surface area contributed by atoms with Crippen LogP contribution in [0.1, 0.15) is 16.1 Å². The van der Waals surface area contributed by atoms with Crippen LogP contribution < -0.4 is 14.8 Å². The van der Waals surface area contributed by atoms with E-state index in [-0.39, 0.29) is 12.7 Å². The topological polar surface area (TPSA) is 60.5 Å². The molecule has 1 aliphatic heterocycles.